The molecule has 0 bridgehead atoms. The predicted octanol–water partition coefficient (Wildman–Crippen LogP) is 5.58. The molecular weight excluding hydrogens is 846 g/mol. The fourth-order valence-electron chi connectivity index (χ4n) is 12.0. The van der Waals surface area contributed by atoms with Crippen LogP contribution in [0, 0.1) is 29.5 Å². The fourth-order valence-corrected chi connectivity index (χ4v) is 12.4. The summed E-state index contributed by atoms with van der Waals surface area (Å²) in [6.07, 6.45) is 5.95. The van der Waals surface area contributed by atoms with Crippen molar-refractivity contribution in [2.45, 2.75) is 118 Å². The van der Waals surface area contributed by atoms with Crippen LogP contribution in [0.3, 0.4) is 0 Å². The van der Waals surface area contributed by atoms with Crippen molar-refractivity contribution in [1.29, 1.82) is 0 Å². The van der Waals surface area contributed by atoms with E-state index in [9.17, 15) is 29.1 Å². The van der Waals surface area contributed by atoms with Crippen LogP contribution in [-0.2, 0) is 35.9 Å². The lowest BCUT2D eigenvalue weighted by molar-refractivity contribution is -0.142. The second kappa shape index (κ2) is 16.3. The van der Waals surface area contributed by atoms with Gasteiger partial charge in [-0.05, 0) is 85.9 Å². The van der Waals surface area contributed by atoms with E-state index in [2.05, 4.69) is 33.1 Å². The molecule has 0 aromatic heterocycles. The highest BCUT2D eigenvalue weighted by atomic mass is 35.5. The molecule has 63 heavy (non-hydrogen) atoms. The van der Waals surface area contributed by atoms with Gasteiger partial charge in [0.2, 0.25) is 29.5 Å². The molecule has 5 atom stereocenters. The molecule has 5 fully saturated rings. The van der Waals surface area contributed by atoms with Gasteiger partial charge >= 0.3 is 0 Å². The molecule has 2 aliphatic carbocycles. The van der Waals surface area contributed by atoms with Crippen molar-refractivity contribution < 1.29 is 33.5 Å². The SMILES string of the molecule is O=C1CCC(N2Cc3c(C#CC4CN(C(=O)[C@H]5CC[C@H](NC(=O)[C@@H]6NC7(CCCCC7)[C@@]7(C(=O)Nc8cc(Cl)ccc87)[C@H]6c6cccc(Cl)c6F)CC5)C4)cccc3C2O)C(=O)N1. The summed E-state index contributed by atoms with van der Waals surface area (Å²) in [5, 5.41) is 23.9. The Morgan fingerprint density at radius 3 is 2.41 bits per heavy atom. The quantitative estimate of drug-likeness (QED) is 0.164. The zero-order valence-corrected chi connectivity index (χ0v) is 36.2. The minimum absolute atomic E-state index is 0.00385. The van der Waals surface area contributed by atoms with Gasteiger partial charge in [-0.15, -0.1) is 0 Å². The van der Waals surface area contributed by atoms with Crippen molar-refractivity contribution >= 4 is 58.4 Å². The molecular formula is C48H49Cl2FN6O6. The number of nitrogens with one attached hydrogen (secondary N) is 4. The van der Waals surface area contributed by atoms with Gasteiger partial charge in [-0.25, -0.2) is 4.39 Å². The zero-order valence-electron chi connectivity index (χ0n) is 34.7. The standard InChI is InChI=1S/C48H49Cl2FN6O6/c49-29-14-17-34-36(22-29)53-46(63)48(34)39(32-8-5-9-35(50)40(32)51)41(55-47(48)20-2-1-3-21-47)43(60)52-30-15-12-28(13-16-30)44(61)56-23-26(24-56)10-11-27-6-4-7-31-33(27)25-57(45(31)62)37-18-19-38(58)54-42(37)59/h4-9,14,17,22,26,28,30,37,39,41,45,55,62H,1-3,12-13,15-16,18-21,23-25H2,(H,52,60)(H,53,63)(H,54,58,59)/t28-,30-,37?,39-,41+,45?,48+/m0/s1. The topological polar surface area (TPSA) is 160 Å². The van der Waals surface area contributed by atoms with Gasteiger partial charge in [0.25, 0.3) is 0 Å². The van der Waals surface area contributed by atoms with E-state index in [1.807, 2.05) is 29.2 Å². The van der Waals surface area contributed by atoms with Crippen molar-refractivity contribution in [3.05, 3.63) is 98.3 Å². The van der Waals surface area contributed by atoms with E-state index in [4.69, 9.17) is 23.2 Å². The van der Waals surface area contributed by atoms with Crippen molar-refractivity contribution in [3.63, 3.8) is 0 Å². The number of amides is 5. The van der Waals surface area contributed by atoms with Gasteiger partial charge in [-0.1, -0.05) is 84.6 Å². The number of imide groups is 1. The van der Waals surface area contributed by atoms with E-state index >= 15 is 4.39 Å². The number of anilines is 1. The second-order valence-electron chi connectivity index (χ2n) is 18.5. The van der Waals surface area contributed by atoms with Crippen LogP contribution in [-0.4, -0.2) is 81.2 Å². The highest BCUT2D eigenvalue weighted by molar-refractivity contribution is 6.31. The van der Waals surface area contributed by atoms with Crippen LogP contribution in [0.2, 0.25) is 10.0 Å². The number of benzene rings is 3. The molecule has 2 spiro atoms. The Bertz CT molecular complexity index is 2490. The van der Waals surface area contributed by atoms with Crippen molar-refractivity contribution in [2.24, 2.45) is 11.8 Å². The van der Waals surface area contributed by atoms with Gasteiger partial charge in [-0.3, -0.25) is 39.5 Å². The molecule has 5 N–H and O–H groups in total. The van der Waals surface area contributed by atoms with Crippen molar-refractivity contribution in [3.8, 4) is 11.8 Å². The summed E-state index contributed by atoms with van der Waals surface area (Å²) in [7, 11) is 0. The molecule has 328 valence electrons. The first-order valence-corrected chi connectivity index (χ1v) is 23.0. The van der Waals surface area contributed by atoms with Crippen LogP contribution in [0.5, 0.6) is 0 Å². The Kier molecular flexibility index (Phi) is 10.9. The first kappa shape index (κ1) is 42.1. The summed E-state index contributed by atoms with van der Waals surface area (Å²) in [4.78, 5) is 70.9. The molecule has 15 heteroatoms. The highest BCUT2D eigenvalue weighted by Crippen LogP contribution is 2.63. The van der Waals surface area contributed by atoms with Crippen molar-refractivity contribution in [1.82, 2.24) is 25.8 Å². The monoisotopic (exact) mass is 894 g/mol. The van der Waals surface area contributed by atoms with Crippen LogP contribution >= 0.6 is 23.2 Å². The Morgan fingerprint density at radius 2 is 1.65 bits per heavy atom. The van der Waals surface area contributed by atoms with Crippen LogP contribution in [0.15, 0.2) is 54.6 Å². The molecule has 3 aromatic carbocycles. The van der Waals surface area contributed by atoms with E-state index in [-0.39, 0.29) is 58.5 Å². The molecule has 12 nitrogen and oxygen atoms in total. The summed E-state index contributed by atoms with van der Waals surface area (Å²) in [6.45, 7) is 1.38. The molecule has 5 aliphatic heterocycles. The summed E-state index contributed by atoms with van der Waals surface area (Å²) >= 11 is 12.8. The average molecular weight is 896 g/mol. The van der Waals surface area contributed by atoms with Crippen LogP contribution in [0.25, 0.3) is 0 Å². The minimum Gasteiger partial charge on any atom is -0.374 e. The number of hydrogen-bond donors (Lipinski definition) is 5. The number of carbonyl (C=O) groups is 5. The van der Waals surface area contributed by atoms with Gasteiger partial charge in [-0.2, -0.15) is 0 Å². The minimum atomic E-state index is -1.31. The molecule has 2 saturated carbocycles. The number of aliphatic hydroxyl groups excluding tert-OH is 1. The van der Waals surface area contributed by atoms with E-state index in [1.165, 1.54) is 6.07 Å². The number of rotatable bonds is 5. The van der Waals surface area contributed by atoms with Crippen LogP contribution in [0.4, 0.5) is 10.1 Å². The number of hydrogen-bond acceptors (Lipinski definition) is 8. The van der Waals surface area contributed by atoms with E-state index in [1.54, 1.807) is 29.2 Å². The van der Waals surface area contributed by atoms with Gasteiger partial charge in [0, 0.05) is 71.3 Å². The first-order chi connectivity index (χ1) is 30.4. The largest absolute Gasteiger partial charge is 0.374 e. The molecule has 7 aliphatic rings. The maximum atomic E-state index is 16.3. The number of carbonyl (C=O) groups excluding carboxylic acids is 5. The zero-order chi connectivity index (χ0) is 43.8. The number of likely N-dealkylation sites (tertiary alicyclic amines) is 1. The Hall–Kier alpha value is -4.84. The number of piperidine rings is 1. The maximum Gasteiger partial charge on any atom is 0.244 e. The summed E-state index contributed by atoms with van der Waals surface area (Å²) in [6, 6.07) is 13.9. The molecule has 5 amide bonds. The van der Waals surface area contributed by atoms with Gasteiger partial charge < -0.3 is 20.6 Å². The van der Waals surface area contributed by atoms with E-state index in [0.717, 1.165) is 30.4 Å². The fraction of sp³-hybridized carbons (Fsp3) is 0.479. The van der Waals surface area contributed by atoms with Crippen LogP contribution in [0.1, 0.15) is 111 Å². The molecule has 3 saturated heterocycles. The smallest absolute Gasteiger partial charge is 0.244 e. The Labute approximate surface area is 375 Å². The normalized spacial score (nSPS) is 30.0. The van der Waals surface area contributed by atoms with Gasteiger partial charge in [0.15, 0.2) is 0 Å². The number of fused-ring (bicyclic) bond motifs is 4. The van der Waals surface area contributed by atoms with Crippen LogP contribution < -0.4 is 21.3 Å². The number of nitrogens with zero attached hydrogens (tertiary/aromatic N) is 2. The second-order valence-corrected chi connectivity index (χ2v) is 19.3. The van der Waals surface area contributed by atoms with Gasteiger partial charge in [0.05, 0.1) is 23.0 Å². The lowest BCUT2D eigenvalue weighted by atomic mass is 9.55. The summed E-state index contributed by atoms with van der Waals surface area (Å²) in [5.41, 5.74) is 1.67. The van der Waals surface area contributed by atoms with Gasteiger partial charge in [0.1, 0.15) is 17.5 Å². The summed E-state index contributed by atoms with van der Waals surface area (Å²) < 4.78 is 16.3. The molecule has 5 heterocycles. The van der Waals surface area contributed by atoms with E-state index in [0.29, 0.717) is 86.4 Å². The number of halogens is 3. The molecule has 3 aromatic rings. The third kappa shape index (κ3) is 6.95. The Morgan fingerprint density at radius 1 is 0.905 bits per heavy atom. The molecule has 10 rings (SSSR count). The maximum absolute atomic E-state index is 16.3. The average Bonchev–Trinajstić information content (AvgIpc) is 3.85. The highest BCUT2D eigenvalue weighted by Gasteiger charge is 2.72. The third-order valence-electron chi connectivity index (χ3n) is 15.1. The molecule has 0 radical (unpaired) electrons. The van der Waals surface area contributed by atoms with Crippen molar-refractivity contribution in [2.75, 3.05) is 18.4 Å². The predicted molar refractivity (Wildman–Crippen MR) is 233 cm³/mol. The van der Waals surface area contributed by atoms with E-state index < -0.39 is 46.9 Å². The molecule has 2 unspecified atom stereocenters. The first-order valence-electron chi connectivity index (χ1n) is 22.2. The third-order valence-corrected chi connectivity index (χ3v) is 15.6. The summed E-state index contributed by atoms with van der Waals surface area (Å²) in [5.74, 6) is 3.64. The Balaban J connectivity index is 0.798. The lowest BCUT2D eigenvalue weighted by Gasteiger charge is -2.47. The number of aliphatic hydroxyl groups is 1. The lowest BCUT2D eigenvalue weighted by Crippen LogP contribution is -2.60.